The van der Waals surface area contributed by atoms with Crippen LogP contribution in [0.15, 0.2) is 67.3 Å². The van der Waals surface area contributed by atoms with Crippen LogP contribution in [0.3, 0.4) is 0 Å². The van der Waals surface area contributed by atoms with Crippen molar-refractivity contribution >= 4 is 10.9 Å². The van der Waals surface area contributed by atoms with E-state index in [1.165, 1.54) is 12.0 Å². The highest BCUT2D eigenvalue weighted by atomic mass is 16.5. The van der Waals surface area contributed by atoms with Crippen molar-refractivity contribution in [3.05, 3.63) is 84.1 Å². The Kier molecular flexibility index (Phi) is 5.51. The number of benzene rings is 2. The van der Waals surface area contributed by atoms with Crippen LogP contribution in [0.4, 0.5) is 0 Å². The molecule has 0 spiro atoms. The number of piperidine rings is 3. The summed E-state index contributed by atoms with van der Waals surface area (Å²) in [5.74, 6) is 1.95. The van der Waals surface area contributed by atoms with Crippen molar-refractivity contribution in [3.8, 4) is 5.75 Å². The number of nitrogens with zero attached hydrogens (tertiary/aromatic N) is 2. The molecule has 0 saturated carbocycles. The van der Waals surface area contributed by atoms with Crippen LogP contribution in [-0.4, -0.2) is 41.2 Å². The molecule has 6 rings (SSSR count). The predicted molar refractivity (Wildman–Crippen MR) is 124 cm³/mol. The Hall–Kier alpha value is -2.69. The van der Waals surface area contributed by atoms with Crippen LogP contribution in [0.1, 0.15) is 35.8 Å². The van der Waals surface area contributed by atoms with Crippen LogP contribution in [0.2, 0.25) is 0 Å². The van der Waals surface area contributed by atoms with Crippen LogP contribution in [0, 0.1) is 11.8 Å². The van der Waals surface area contributed by atoms with Gasteiger partial charge in [-0.15, -0.1) is 6.58 Å². The third kappa shape index (κ3) is 3.86. The molecule has 2 aromatic carbocycles. The molecular weight excluding hydrogens is 384 g/mol. The average Bonchev–Trinajstić information content (AvgIpc) is 2.83. The molecule has 3 aliphatic rings. The summed E-state index contributed by atoms with van der Waals surface area (Å²) < 4.78 is 5.48. The van der Waals surface area contributed by atoms with Crippen molar-refractivity contribution in [3.63, 3.8) is 0 Å². The second-order valence-corrected chi connectivity index (χ2v) is 8.94. The SMILES string of the molecule is C=C[C@H]1CN2CCC1C[C@H]2[C@H](O)c1cc(Cc2ccccc2)nc2ccc(OC)cc12. The summed E-state index contributed by atoms with van der Waals surface area (Å²) in [7, 11) is 1.68. The normalized spacial score (nSPS) is 26.0. The first-order valence-corrected chi connectivity index (χ1v) is 11.2. The van der Waals surface area contributed by atoms with E-state index < -0.39 is 6.10 Å². The molecule has 3 saturated heterocycles. The Labute approximate surface area is 184 Å². The number of rotatable bonds is 6. The maximum Gasteiger partial charge on any atom is 0.119 e. The van der Waals surface area contributed by atoms with Gasteiger partial charge in [0.05, 0.1) is 18.7 Å². The van der Waals surface area contributed by atoms with E-state index in [1.807, 2.05) is 24.3 Å². The van der Waals surface area contributed by atoms with Gasteiger partial charge in [-0.1, -0.05) is 36.4 Å². The van der Waals surface area contributed by atoms with E-state index in [2.05, 4.69) is 47.9 Å². The minimum Gasteiger partial charge on any atom is -0.497 e. The Bertz CT molecular complexity index is 1080. The monoisotopic (exact) mass is 414 g/mol. The number of hydrogen-bond acceptors (Lipinski definition) is 4. The Morgan fingerprint density at radius 3 is 2.77 bits per heavy atom. The van der Waals surface area contributed by atoms with Crippen molar-refractivity contribution in [1.29, 1.82) is 0 Å². The fraction of sp³-hybridized carbons (Fsp3) is 0.370. The van der Waals surface area contributed by atoms with Crippen LogP contribution < -0.4 is 4.74 Å². The van der Waals surface area contributed by atoms with Crippen LogP contribution in [-0.2, 0) is 6.42 Å². The van der Waals surface area contributed by atoms with Gasteiger partial charge in [-0.05, 0) is 66.6 Å². The summed E-state index contributed by atoms with van der Waals surface area (Å²) in [4.78, 5) is 7.37. The zero-order valence-electron chi connectivity index (χ0n) is 18.1. The first kappa shape index (κ1) is 20.2. The molecule has 31 heavy (non-hydrogen) atoms. The number of hydrogen-bond donors (Lipinski definition) is 1. The van der Waals surface area contributed by atoms with Gasteiger partial charge in [0, 0.05) is 30.1 Å². The van der Waals surface area contributed by atoms with Gasteiger partial charge in [-0.2, -0.15) is 0 Å². The van der Waals surface area contributed by atoms with Crippen molar-refractivity contribution in [2.24, 2.45) is 11.8 Å². The lowest BCUT2D eigenvalue weighted by Crippen LogP contribution is -2.54. The van der Waals surface area contributed by atoms with Crippen molar-refractivity contribution in [1.82, 2.24) is 9.88 Å². The van der Waals surface area contributed by atoms with E-state index in [0.717, 1.165) is 53.8 Å². The molecule has 2 bridgehead atoms. The summed E-state index contributed by atoms with van der Waals surface area (Å²) in [6, 6.07) is 18.6. The molecule has 3 aromatic rings. The number of methoxy groups -OCH3 is 1. The van der Waals surface area contributed by atoms with Gasteiger partial charge >= 0.3 is 0 Å². The van der Waals surface area contributed by atoms with Crippen LogP contribution in [0.25, 0.3) is 10.9 Å². The summed E-state index contributed by atoms with van der Waals surface area (Å²) in [6.07, 6.45) is 4.51. The van der Waals surface area contributed by atoms with E-state index in [0.29, 0.717) is 11.8 Å². The molecule has 4 heteroatoms. The van der Waals surface area contributed by atoms with E-state index in [1.54, 1.807) is 7.11 Å². The van der Waals surface area contributed by atoms with E-state index in [9.17, 15) is 5.11 Å². The van der Waals surface area contributed by atoms with Crippen molar-refractivity contribution in [2.75, 3.05) is 20.2 Å². The van der Waals surface area contributed by atoms with Gasteiger partial charge in [0.15, 0.2) is 0 Å². The van der Waals surface area contributed by atoms with Gasteiger partial charge in [-0.25, -0.2) is 0 Å². The average molecular weight is 415 g/mol. The summed E-state index contributed by atoms with van der Waals surface area (Å²) >= 11 is 0. The van der Waals surface area contributed by atoms with Gasteiger partial charge < -0.3 is 9.84 Å². The second-order valence-electron chi connectivity index (χ2n) is 8.94. The Morgan fingerprint density at radius 2 is 2.06 bits per heavy atom. The second kappa shape index (κ2) is 8.45. The number of aliphatic hydroxyl groups is 1. The lowest BCUT2D eigenvalue weighted by atomic mass is 9.73. The summed E-state index contributed by atoms with van der Waals surface area (Å²) in [5, 5.41) is 12.6. The molecule has 2 unspecified atom stereocenters. The van der Waals surface area contributed by atoms with Gasteiger partial charge in [0.25, 0.3) is 0 Å². The number of aliphatic hydroxyl groups excluding tert-OH is 1. The molecule has 0 radical (unpaired) electrons. The predicted octanol–water partition coefficient (Wildman–Crippen LogP) is 4.76. The zero-order chi connectivity index (χ0) is 21.4. The van der Waals surface area contributed by atoms with Gasteiger partial charge in [0.2, 0.25) is 0 Å². The number of fused-ring (bicyclic) bond motifs is 4. The quantitative estimate of drug-likeness (QED) is 0.591. The minimum absolute atomic E-state index is 0.135. The third-order valence-corrected chi connectivity index (χ3v) is 7.17. The fourth-order valence-electron chi connectivity index (χ4n) is 5.47. The lowest BCUT2D eigenvalue weighted by molar-refractivity contribution is -0.0445. The Balaban J connectivity index is 1.54. The molecule has 4 nitrogen and oxygen atoms in total. The highest BCUT2D eigenvalue weighted by Crippen LogP contribution is 2.42. The molecular formula is C27H30N2O2. The van der Waals surface area contributed by atoms with E-state index >= 15 is 0 Å². The number of pyridine rings is 1. The zero-order valence-corrected chi connectivity index (χ0v) is 18.1. The molecule has 0 amide bonds. The van der Waals surface area contributed by atoms with Crippen LogP contribution >= 0.6 is 0 Å². The minimum atomic E-state index is -0.555. The van der Waals surface area contributed by atoms with Gasteiger partial charge in [0.1, 0.15) is 5.75 Å². The third-order valence-electron chi connectivity index (χ3n) is 7.17. The number of aromatic nitrogens is 1. The summed E-state index contributed by atoms with van der Waals surface area (Å²) in [5.41, 5.74) is 4.07. The van der Waals surface area contributed by atoms with E-state index in [4.69, 9.17) is 9.72 Å². The summed E-state index contributed by atoms with van der Waals surface area (Å²) in [6.45, 7) is 6.09. The molecule has 0 aliphatic carbocycles. The largest absolute Gasteiger partial charge is 0.497 e. The molecule has 3 aliphatic heterocycles. The highest BCUT2D eigenvalue weighted by molar-refractivity contribution is 5.84. The Morgan fingerprint density at radius 1 is 1.23 bits per heavy atom. The standard InChI is InChI=1S/C27H30N2O2/c1-3-19-17-29-12-11-20(19)14-26(29)27(30)24-15-21(13-18-7-5-4-6-8-18)28-25-10-9-22(31-2)16-23(24)25/h3-10,15-16,19-20,26-27,30H,1,11-14,17H2,2H3/t19-,20?,26-,27+/m0/s1. The number of ether oxygens (including phenoxy) is 1. The maximum atomic E-state index is 11.6. The topological polar surface area (TPSA) is 45.6 Å². The molecule has 160 valence electrons. The van der Waals surface area contributed by atoms with Gasteiger partial charge in [-0.3, -0.25) is 9.88 Å². The molecule has 5 atom stereocenters. The fourth-order valence-corrected chi connectivity index (χ4v) is 5.47. The molecule has 4 heterocycles. The maximum absolute atomic E-state index is 11.6. The van der Waals surface area contributed by atoms with Crippen molar-refractivity contribution in [2.45, 2.75) is 31.4 Å². The lowest BCUT2D eigenvalue weighted by Gasteiger charge is -2.50. The first-order chi connectivity index (χ1) is 15.2. The smallest absolute Gasteiger partial charge is 0.119 e. The molecule has 1 aromatic heterocycles. The highest BCUT2D eigenvalue weighted by Gasteiger charge is 2.42. The molecule has 3 fully saturated rings. The van der Waals surface area contributed by atoms with Crippen molar-refractivity contribution < 1.29 is 9.84 Å². The van der Waals surface area contributed by atoms with E-state index in [-0.39, 0.29) is 6.04 Å². The molecule has 1 N–H and O–H groups in total. The first-order valence-electron chi connectivity index (χ1n) is 11.2. The van der Waals surface area contributed by atoms with Crippen LogP contribution in [0.5, 0.6) is 5.75 Å².